The molecular weight excluding hydrogens is 511 g/mol. The highest BCUT2D eigenvalue weighted by Gasteiger charge is 2.21. The summed E-state index contributed by atoms with van der Waals surface area (Å²) in [4.78, 5) is 8.87. The van der Waals surface area contributed by atoms with Gasteiger partial charge in [0.15, 0.2) is 5.13 Å². The molecule has 1 unspecified atom stereocenters. The number of hydrogen-bond donors (Lipinski definition) is 3. The summed E-state index contributed by atoms with van der Waals surface area (Å²) in [5.41, 5.74) is 8.98. The van der Waals surface area contributed by atoms with Crippen LogP contribution in [0.3, 0.4) is 0 Å². The van der Waals surface area contributed by atoms with Crippen molar-refractivity contribution in [2.24, 2.45) is 0 Å². The average molecular weight is 533 g/mol. The van der Waals surface area contributed by atoms with Crippen molar-refractivity contribution >= 4 is 39.7 Å². The Labute approximate surface area is 221 Å². The van der Waals surface area contributed by atoms with Gasteiger partial charge in [-0.2, -0.15) is 10.5 Å². The van der Waals surface area contributed by atoms with Crippen LogP contribution in [-0.4, -0.2) is 27.8 Å². The molecule has 0 aliphatic rings. The third-order valence-electron chi connectivity index (χ3n) is 5.05. The summed E-state index contributed by atoms with van der Waals surface area (Å²) >= 11 is 2.69. The number of pyridine rings is 1. The molecule has 4 N–H and O–H groups in total. The Balaban J connectivity index is 1.56. The minimum absolute atomic E-state index is 0.0328. The van der Waals surface area contributed by atoms with Crippen LogP contribution in [-0.2, 0) is 5.75 Å². The highest BCUT2D eigenvalue weighted by atomic mass is 32.2. The molecule has 0 saturated carbocycles. The lowest BCUT2D eigenvalue weighted by molar-refractivity contribution is 0.123. The van der Waals surface area contributed by atoms with Gasteiger partial charge >= 0.3 is 0 Å². The molecule has 2 aromatic carbocycles. The number of anilines is 3. The van der Waals surface area contributed by atoms with Gasteiger partial charge in [0.25, 0.3) is 0 Å². The Morgan fingerprint density at radius 1 is 1.11 bits per heavy atom. The van der Waals surface area contributed by atoms with Crippen LogP contribution in [0, 0.1) is 28.5 Å². The van der Waals surface area contributed by atoms with Crippen LogP contribution >= 0.6 is 23.1 Å². The first-order valence-corrected chi connectivity index (χ1v) is 12.9. The molecule has 4 rings (SSSR count). The van der Waals surface area contributed by atoms with Crippen LogP contribution in [0.15, 0.2) is 58.9 Å². The minimum atomic E-state index is -0.609. The van der Waals surface area contributed by atoms with Gasteiger partial charge in [-0.25, -0.2) is 14.4 Å². The number of hydrogen-bond acceptors (Lipinski definition) is 10. The predicted molar refractivity (Wildman–Crippen MR) is 142 cm³/mol. The summed E-state index contributed by atoms with van der Waals surface area (Å²) in [7, 11) is 0. The second-order valence-corrected chi connectivity index (χ2v) is 9.72. The molecule has 0 saturated heterocycles. The first kappa shape index (κ1) is 25.9. The van der Waals surface area contributed by atoms with Crippen LogP contribution in [0.5, 0.6) is 5.75 Å². The second kappa shape index (κ2) is 11.7. The molecule has 0 aliphatic carbocycles. The predicted octanol–water partition coefficient (Wildman–Crippen LogP) is 5.47. The molecule has 4 aromatic rings. The first-order valence-electron chi connectivity index (χ1n) is 11.0. The number of nitriles is 2. The van der Waals surface area contributed by atoms with E-state index in [-0.39, 0.29) is 29.4 Å². The smallest absolute Gasteiger partial charge is 0.187 e. The number of nitrogens with two attached hydrogens (primary N) is 1. The van der Waals surface area contributed by atoms with Crippen molar-refractivity contribution in [3.05, 3.63) is 76.5 Å². The topological polar surface area (TPSA) is 141 Å². The number of rotatable bonds is 9. The molecule has 0 radical (unpaired) electrons. The Bertz CT molecular complexity index is 1480. The fraction of sp³-hybridized carbons (Fsp3) is 0.154. The van der Waals surface area contributed by atoms with E-state index in [0.717, 1.165) is 11.4 Å². The maximum Gasteiger partial charge on any atom is 0.187 e. The zero-order valence-corrected chi connectivity index (χ0v) is 21.2. The maximum atomic E-state index is 13.1. The molecule has 0 aliphatic heterocycles. The molecule has 0 amide bonds. The Kier molecular flexibility index (Phi) is 8.21. The van der Waals surface area contributed by atoms with Crippen molar-refractivity contribution in [3.8, 4) is 29.0 Å². The lowest BCUT2D eigenvalue weighted by Gasteiger charge is -2.13. The summed E-state index contributed by atoms with van der Waals surface area (Å²) < 4.78 is 18.6. The molecule has 37 heavy (non-hydrogen) atoms. The second-order valence-electron chi connectivity index (χ2n) is 7.90. The number of nitrogens with zero attached hydrogens (tertiary/aromatic N) is 4. The minimum Gasteiger partial charge on any atom is -0.491 e. The Morgan fingerprint density at radius 2 is 1.81 bits per heavy atom. The Morgan fingerprint density at radius 3 is 2.46 bits per heavy atom. The molecule has 11 heteroatoms. The fourth-order valence-electron chi connectivity index (χ4n) is 3.36. The largest absolute Gasteiger partial charge is 0.491 e. The summed E-state index contributed by atoms with van der Waals surface area (Å²) in [6.45, 7) is 1.77. The molecule has 0 fully saturated rings. The van der Waals surface area contributed by atoms with Crippen molar-refractivity contribution in [1.82, 2.24) is 9.97 Å². The van der Waals surface area contributed by atoms with E-state index in [4.69, 9.17) is 10.5 Å². The number of nitrogens with one attached hydrogen (secondary N) is 1. The van der Waals surface area contributed by atoms with Gasteiger partial charge in [-0.05, 0) is 48.9 Å². The van der Waals surface area contributed by atoms with E-state index in [1.807, 2.05) is 5.38 Å². The summed E-state index contributed by atoms with van der Waals surface area (Å²) in [6.07, 6.45) is -0.609. The highest BCUT2D eigenvalue weighted by Crippen LogP contribution is 2.37. The quantitative estimate of drug-likeness (QED) is 0.239. The zero-order chi connectivity index (χ0) is 26.4. The van der Waals surface area contributed by atoms with E-state index in [2.05, 4.69) is 27.4 Å². The summed E-state index contributed by atoms with van der Waals surface area (Å²) in [5.74, 6) is 0.682. The van der Waals surface area contributed by atoms with Crippen LogP contribution in [0.25, 0.3) is 11.1 Å². The molecule has 2 heterocycles. The maximum absolute atomic E-state index is 13.1. The SMILES string of the molecule is CC(O)COc1ccc(-c2c(C#N)c(N)nc(SCc3csc(Nc4ccc(F)cc4)n3)c2C#N)cc1. The van der Waals surface area contributed by atoms with Crippen molar-refractivity contribution < 1.29 is 14.2 Å². The van der Waals surface area contributed by atoms with Crippen LogP contribution < -0.4 is 15.8 Å². The monoisotopic (exact) mass is 532 g/mol. The van der Waals surface area contributed by atoms with E-state index in [1.165, 1.54) is 35.2 Å². The molecule has 0 spiro atoms. The normalized spacial score (nSPS) is 11.4. The highest BCUT2D eigenvalue weighted by molar-refractivity contribution is 7.98. The molecular formula is C26H21FN6O2S2. The van der Waals surface area contributed by atoms with Gasteiger partial charge in [0, 0.05) is 22.4 Å². The lowest BCUT2D eigenvalue weighted by Crippen LogP contribution is -2.12. The van der Waals surface area contributed by atoms with Gasteiger partial charge < -0.3 is 20.9 Å². The van der Waals surface area contributed by atoms with Gasteiger partial charge in [-0.15, -0.1) is 11.3 Å². The van der Waals surface area contributed by atoms with Gasteiger partial charge in [0.2, 0.25) is 0 Å². The molecule has 2 aromatic heterocycles. The molecule has 1 atom stereocenters. The van der Waals surface area contributed by atoms with Gasteiger partial charge in [0.1, 0.15) is 46.7 Å². The number of thioether (sulfide) groups is 1. The van der Waals surface area contributed by atoms with Crippen molar-refractivity contribution in [3.63, 3.8) is 0 Å². The van der Waals surface area contributed by atoms with Crippen molar-refractivity contribution in [2.75, 3.05) is 17.7 Å². The zero-order valence-electron chi connectivity index (χ0n) is 19.6. The van der Waals surface area contributed by atoms with Gasteiger partial charge in [-0.3, -0.25) is 0 Å². The molecule has 186 valence electrons. The number of halogens is 1. The van der Waals surface area contributed by atoms with E-state index in [1.54, 1.807) is 43.3 Å². The number of aliphatic hydroxyl groups is 1. The number of benzene rings is 2. The van der Waals surface area contributed by atoms with E-state index in [9.17, 15) is 20.0 Å². The number of nitrogen functional groups attached to an aromatic ring is 1. The number of thiazole rings is 1. The summed E-state index contributed by atoms with van der Waals surface area (Å²) in [6, 6.07) is 17.1. The summed E-state index contributed by atoms with van der Waals surface area (Å²) in [5, 5.41) is 35.2. The molecule has 8 nitrogen and oxygen atoms in total. The van der Waals surface area contributed by atoms with E-state index >= 15 is 0 Å². The van der Waals surface area contributed by atoms with Crippen LogP contribution in [0.2, 0.25) is 0 Å². The number of aromatic nitrogens is 2. The van der Waals surface area contributed by atoms with Gasteiger partial charge in [0.05, 0.1) is 17.4 Å². The third kappa shape index (κ3) is 6.35. The van der Waals surface area contributed by atoms with Crippen LogP contribution in [0.4, 0.5) is 21.0 Å². The van der Waals surface area contributed by atoms with Gasteiger partial charge in [-0.1, -0.05) is 23.9 Å². The number of aliphatic hydroxyl groups excluding tert-OH is 1. The van der Waals surface area contributed by atoms with E-state index < -0.39 is 6.10 Å². The Hall–Kier alpha value is -4.16. The van der Waals surface area contributed by atoms with Crippen LogP contribution in [0.1, 0.15) is 23.7 Å². The fourth-order valence-corrected chi connectivity index (χ4v) is 5.08. The van der Waals surface area contributed by atoms with E-state index in [0.29, 0.717) is 32.8 Å². The number of ether oxygens (including phenoxy) is 1. The lowest BCUT2D eigenvalue weighted by atomic mass is 9.97. The standard InChI is InChI=1S/C26H21FN6O2S2/c1-15(34)12-35-20-8-2-16(3-9-20)23-21(10-28)24(30)33-25(22(23)11-29)36-13-19-14-37-26(32-19)31-18-6-4-17(27)5-7-18/h2-9,14-15,34H,12-13H2,1H3,(H2,30,33)(H,31,32). The first-order chi connectivity index (χ1) is 17.9. The molecule has 0 bridgehead atoms. The third-order valence-corrected chi connectivity index (χ3v) is 6.87. The van der Waals surface area contributed by atoms with Crippen molar-refractivity contribution in [1.29, 1.82) is 10.5 Å². The average Bonchev–Trinajstić information content (AvgIpc) is 3.34. The van der Waals surface area contributed by atoms with Crippen molar-refractivity contribution in [2.45, 2.75) is 23.8 Å².